The van der Waals surface area contributed by atoms with Gasteiger partial charge in [-0.25, -0.2) is 8.42 Å². The van der Waals surface area contributed by atoms with Crippen molar-refractivity contribution in [2.45, 2.75) is 44.4 Å². The Kier molecular flexibility index (Phi) is 8.09. The smallest absolute Gasteiger partial charge is 0.264 e. The third kappa shape index (κ3) is 6.31. The summed E-state index contributed by atoms with van der Waals surface area (Å²) in [6, 6.07) is 14.0. The average Bonchev–Trinajstić information content (AvgIpc) is 2.77. The fraction of sp³-hybridized carbons (Fsp3) is 0.458. The molecule has 0 aliphatic carbocycles. The van der Waals surface area contributed by atoms with Crippen molar-refractivity contribution in [2.75, 3.05) is 37.0 Å². The van der Waals surface area contributed by atoms with E-state index < -0.39 is 10.0 Å². The summed E-state index contributed by atoms with van der Waals surface area (Å²) in [6.07, 6.45) is 4.65. The molecule has 0 saturated carbocycles. The zero-order valence-corrected chi connectivity index (χ0v) is 19.3. The van der Waals surface area contributed by atoms with Crippen LogP contribution in [0.5, 0.6) is 0 Å². The maximum atomic E-state index is 13.4. The number of benzene rings is 2. The Bertz CT molecular complexity index is 968. The molecule has 1 N–H and O–H groups in total. The van der Waals surface area contributed by atoms with Crippen LogP contribution in [0, 0.1) is 13.8 Å². The van der Waals surface area contributed by atoms with Crippen molar-refractivity contribution in [1.82, 2.24) is 10.2 Å². The van der Waals surface area contributed by atoms with Gasteiger partial charge < -0.3 is 10.2 Å². The van der Waals surface area contributed by atoms with Crippen molar-refractivity contribution in [3.63, 3.8) is 0 Å². The van der Waals surface area contributed by atoms with E-state index in [0.717, 1.165) is 37.2 Å². The second kappa shape index (κ2) is 10.8. The molecule has 3 rings (SSSR count). The third-order valence-corrected chi connectivity index (χ3v) is 7.48. The van der Waals surface area contributed by atoms with Crippen LogP contribution in [-0.2, 0) is 14.8 Å². The van der Waals surface area contributed by atoms with E-state index in [1.54, 1.807) is 36.4 Å². The summed E-state index contributed by atoms with van der Waals surface area (Å²) in [5.41, 5.74) is 2.30. The van der Waals surface area contributed by atoms with Crippen molar-refractivity contribution >= 4 is 21.6 Å². The molecule has 168 valence electrons. The second-order valence-electron chi connectivity index (χ2n) is 8.22. The minimum absolute atomic E-state index is 0.180. The molecule has 1 amide bonds. The molecule has 1 aliphatic heterocycles. The zero-order chi connectivity index (χ0) is 22.3. The molecular weight excluding hydrogens is 410 g/mol. The number of para-hydroxylation sites is 1. The van der Waals surface area contributed by atoms with E-state index in [9.17, 15) is 13.2 Å². The molecule has 1 heterocycles. The fourth-order valence-electron chi connectivity index (χ4n) is 3.88. The maximum absolute atomic E-state index is 13.4. The number of carbonyl (C=O) groups is 1. The van der Waals surface area contributed by atoms with Crippen LogP contribution in [0.15, 0.2) is 53.4 Å². The van der Waals surface area contributed by atoms with Gasteiger partial charge in [0.2, 0.25) is 5.91 Å². The molecule has 0 spiro atoms. The number of nitrogens with zero attached hydrogens (tertiary/aromatic N) is 2. The lowest BCUT2D eigenvalue weighted by Crippen LogP contribution is -2.42. The van der Waals surface area contributed by atoms with E-state index in [1.807, 2.05) is 26.0 Å². The van der Waals surface area contributed by atoms with Crippen LogP contribution in [0.3, 0.4) is 0 Å². The minimum atomic E-state index is -3.87. The number of amides is 1. The average molecular weight is 444 g/mol. The number of likely N-dealkylation sites (tertiary alicyclic amines) is 1. The predicted molar refractivity (Wildman–Crippen MR) is 125 cm³/mol. The van der Waals surface area contributed by atoms with Crippen molar-refractivity contribution in [3.8, 4) is 0 Å². The first-order chi connectivity index (χ1) is 14.9. The minimum Gasteiger partial charge on any atom is -0.354 e. The van der Waals surface area contributed by atoms with E-state index in [2.05, 4.69) is 10.2 Å². The monoisotopic (exact) mass is 443 g/mol. The highest BCUT2D eigenvalue weighted by atomic mass is 32.2. The van der Waals surface area contributed by atoms with Gasteiger partial charge in [-0.3, -0.25) is 9.10 Å². The third-order valence-electron chi connectivity index (χ3n) is 5.70. The van der Waals surface area contributed by atoms with Gasteiger partial charge in [0.25, 0.3) is 10.0 Å². The Morgan fingerprint density at radius 1 is 1.00 bits per heavy atom. The largest absolute Gasteiger partial charge is 0.354 e. The van der Waals surface area contributed by atoms with Crippen LogP contribution in [0.2, 0.25) is 0 Å². The SMILES string of the molecule is Cc1ccc(S(=O)(=O)N(CC(=O)NCCCN2CCCCC2)c2ccccc2C)cc1. The number of piperidine rings is 1. The normalized spacial score (nSPS) is 14.9. The number of sulfonamides is 1. The number of nitrogens with one attached hydrogen (secondary N) is 1. The number of rotatable bonds is 9. The molecule has 1 fully saturated rings. The number of anilines is 1. The van der Waals surface area contributed by atoms with Gasteiger partial charge in [-0.05, 0) is 76.5 Å². The van der Waals surface area contributed by atoms with Gasteiger partial charge in [-0.1, -0.05) is 42.3 Å². The van der Waals surface area contributed by atoms with E-state index in [1.165, 1.54) is 23.6 Å². The first-order valence-electron chi connectivity index (χ1n) is 11.0. The molecule has 0 bridgehead atoms. The lowest BCUT2D eigenvalue weighted by molar-refractivity contribution is -0.119. The van der Waals surface area contributed by atoms with Gasteiger partial charge in [0, 0.05) is 6.54 Å². The Morgan fingerprint density at radius 2 is 1.68 bits per heavy atom. The van der Waals surface area contributed by atoms with Crippen LogP contribution >= 0.6 is 0 Å². The summed E-state index contributed by atoms with van der Waals surface area (Å²) in [4.78, 5) is 15.3. The Hall–Kier alpha value is -2.38. The molecule has 31 heavy (non-hydrogen) atoms. The Balaban J connectivity index is 1.69. The predicted octanol–water partition coefficient (Wildman–Crippen LogP) is 3.49. The zero-order valence-electron chi connectivity index (χ0n) is 18.5. The van der Waals surface area contributed by atoms with Gasteiger partial charge in [0.1, 0.15) is 6.54 Å². The second-order valence-corrected chi connectivity index (χ2v) is 10.1. The quantitative estimate of drug-likeness (QED) is 0.603. The van der Waals surface area contributed by atoms with E-state index in [4.69, 9.17) is 0 Å². The lowest BCUT2D eigenvalue weighted by Gasteiger charge is -2.27. The topological polar surface area (TPSA) is 69.7 Å². The van der Waals surface area contributed by atoms with Gasteiger partial charge in [-0.15, -0.1) is 0 Å². The highest BCUT2D eigenvalue weighted by Crippen LogP contribution is 2.26. The van der Waals surface area contributed by atoms with E-state index >= 15 is 0 Å². The number of carbonyl (C=O) groups excluding carboxylic acids is 1. The molecule has 0 unspecified atom stereocenters. The Labute approximate surface area is 186 Å². The van der Waals surface area contributed by atoms with Gasteiger partial charge >= 0.3 is 0 Å². The molecule has 2 aromatic rings. The van der Waals surface area contributed by atoms with Crippen LogP contribution in [-0.4, -0.2) is 51.9 Å². The number of aryl methyl sites for hydroxylation is 2. The standard InChI is InChI=1S/C24H33N3O3S/c1-20-11-13-22(14-12-20)31(29,30)27(23-10-5-4-9-21(23)2)19-24(28)25-15-8-18-26-16-6-3-7-17-26/h4-5,9-14H,3,6-8,15-19H2,1-2H3,(H,25,28). The summed E-state index contributed by atoms with van der Waals surface area (Å²) >= 11 is 0. The number of hydrogen-bond donors (Lipinski definition) is 1. The molecule has 0 radical (unpaired) electrons. The first kappa shape index (κ1) is 23.3. The molecule has 0 aromatic heterocycles. The summed E-state index contributed by atoms with van der Waals surface area (Å²) in [7, 11) is -3.87. The highest BCUT2D eigenvalue weighted by Gasteiger charge is 2.28. The van der Waals surface area contributed by atoms with Gasteiger partial charge in [-0.2, -0.15) is 0 Å². The molecule has 0 atom stereocenters. The van der Waals surface area contributed by atoms with Crippen molar-refractivity contribution in [1.29, 1.82) is 0 Å². The molecule has 7 heteroatoms. The summed E-state index contributed by atoms with van der Waals surface area (Å²) in [5, 5.41) is 2.90. The molecule has 2 aromatic carbocycles. The highest BCUT2D eigenvalue weighted by molar-refractivity contribution is 7.92. The van der Waals surface area contributed by atoms with Crippen LogP contribution in [0.25, 0.3) is 0 Å². The van der Waals surface area contributed by atoms with Gasteiger partial charge in [0.05, 0.1) is 10.6 Å². The molecule has 6 nitrogen and oxygen atoms in total. The van der Waals surface area contributed by atoms with Crippen LogP contribution in [0.4, 0.5) is 5.69 Å². The summed E-state index contributed by atoms with van der Waals surface area (Å²) in [5.74, 6) is -0.294. The fourth-order valence-corrected chi connectivity index (χ4v) is 5.37. The van der Waals surface area contributed by atoms with Crippen molar-refractivity contribution in [2.24, 2.45) is 0 Å². The Morgan fingerprint density at radius 3 is 2.35 bits per heavy atom. The number of hydrogen-bond acceptors (Lipinski definition) is 4. The van der Waals surface area contributed by atoms with Gasteiger partial charge in [0.15, 0.2) is 0 Å². The molecular formula is C24H33N3O3S. The van der Waals surface area contributed by atoms with E-state index in [-0.39, 0.29) is 17.3 Å². The molecule has 1 aliphatic rings. The molecule has 1 saturated heterocycles. The maximum Gasteiger partial charge on any atom is 0.264 e. The lowest BCUT2D eigenvalue weighted by atomic mass is 10.1. The van der Waals surface area contributed by atoms with Crippen LogP contribution in [0.1, 0.15) is 36.8 Å². The van der Waals surface area contributed by atoms with Crippen LogP contribution < -0.4 is 9.62 Å². The summed E-state index contributed by atoms with van der Waals surface area (Å²) < 4.78 is 28.0. The first-order valence-corrected chi connectivity index (χ1v) is 12.5. The van der Waals surface area contributed by atoms with Crippen molar-refractivity contribution in [3.05, 3.63) is 59.7 Å². The van der Waals surface area contributed by atoms with Crippen molar-refractivity contribution < 1.29 is 13.2 Å². The summed E-state index contributed by atoms with van der Waals surface area (Å²) in [6.45, 7) is 7.28. The van der Waals surface area contributed by atoms with E-state index in [0.29, 0.717) is 12.2 Å².